The van der Waals surface area contributed by atoms with E-state index < -0.39 is 28.5 Å². The summed E-state index contributed by atoms with van der Waals surface area (Å²) in [5.74, 6) is -0.732. The molecule has 9 heteroatoms. The van der Waals surface area contributed by atoms with Crippen molar-refractivity contribution in [1.29, 1.82) is 0 Å². The first-order valence-corrected chi connectivity index (χ1v) is 15.9. The van der Waals surface area contributed by atoms with Gasteiger partial charge in [0.2, 0.25) is 11.8 Å². The Balaban J connectivity index is 1.69. The average molecular weight is 596 g/mol. The van der Waals surface area contributed by atoms with E-state index in [0.29, 0.717) is 16.3 Å². The SMILES string of the molecule is Cc1ccc(CN(C(=O)CN(c2cc(Cl)ccc2C)S(=O)(=O)c2ccccc2)[C@@H](C)C(=O)NC2CCCCC2)cc1. The second-order valence-corrected chi connectivity index (χ2v) is 13.1. The average Bonchev–Trinajstić information content (AvgIpc) is 2.97. The summed E-state index contributed by atoms with van der Waals surface area (Å²) < 4.78 is 29.0. The third kappa shape index (κ3) is 7.68. The van der Waals surface area contributed by atoms with Gasteiger partial charge < -0.3 is 10.2 Å². The summed E-state index contributed by atoms with van der Waals surface area (Å²) in [6.45, 7) is 5.11. The Kier molecular flexibility index (Phi) is 10.1. The Morgan fingerprint density at radius 1 is 0.951 bits per heavy atom. The molecule has 0 spiro atoms. The first kappa shape index (κ1) is 30.6. The summed E-state index contributed by atoms with van der Waals surface area (Å²) in [5, 5.41) is 3.47. The number of sulfonamides is 1. The van der Waals surface area contributed by atoms with Crippen LogP contribution in [0.2, 0.25) is 5.02 Å². The van der Waals surface area contributed by atoms with Crippen LogP contribution >= 0.6 is 11.6 Å². The van der Waals surface area contributed by atoms with Gasteiger partial charge in [-0.05, 0) is 69.0 Å². The molecule has 0 bridgehead atoms. The van der Waals surface area contributed by atoms with Gasteiger partial charge in [-0.1, -0.05) is 85.0 Å². The van der Waals surface area contributed by atoms with E-state index in [1.54, 1.807) is 50.2 Å². The van der Waals surface area contributed by atoms with E-state index in [9.17, 15) is 18.0 Å². The van der Waals surface area contributed by atoms with Crippen molar-refractivity contribution in [2.24, 2.45) is 0 Å². The van der Waals surface area contributed by atoms with Crippen molar-refractivity contribution >= 4 is 39.1 Å². The minimum atomic E-state index is -4.14. The molecule has 218 valence electrons. The molecular formula is C32H38ClN3O4S. The summed E-state index contributed by atoms with van der Waals surface area (Å²) >= 11 is 6.29. The Morgan fingerprint density at radius 2 is 1.61 bits per heavy atom. The highest BCUT2D eigenvalue weighted by atomic mass is 35.5. The van der Waals surface area contributed by atoms with Gasteiger partial charge in [0.15, 0.2) is 0 Å². The number of rotatable bonds is 10. The zero-order valence-electron chi connectivity index (χ0n) is 23.8. The van der Waals surface area contributed by atoms with Crippen LogP contribution in [0.4, 0.5) is 5.69 Å². The van der Waals surface area contributed by atoms with Gasteiger partial charge in [0.1, 0.15) is 12.6 Å². The number of hydrogen-bond acceptors (Lipinski definition) is 4. The number of aryl methyl sites for hydroxylation is 2. The lowest BCUT2D eigenvalue weighted by Gasteiger charge is -2.33. The molecule has 1 saturated carbocycles. The van der Waals surface area contributed by atoms with Gasteiger partial charge >= 0.3 is 0 Å². The minimum Gasteiger partial charge on any atom is -0.352 e. The molecule has 0 heterocycles. The maximum atomic E-state index is 14.1. The molecule has 1 atom stereocenters. The molecule has 7 nitrogen and oxygen atoms in total. The van der Waals surface area contributed by atoms with Crippen LogP contribution in [0, 0.1) is 13.8 Å². The number of carbonyl (C=O) groups excluding carboxylic acids is 2. The largest absolute Gasteiger partial charge is 0.352 e. The molecule has 1 N–H and O–H groups in total. The number of nitrogens with one attached hydrogen (secondary N) is 1. The molecule has 3 aromatic rings. The fourth-order valence-electron chi connectivity index (χ4n) is 5.13. The van der Waals surface area contributed by atoms with Crippen LogP contribution in [0.25, 0.3) is 0 Å². The van der Waals surface area contributed by atoms with Crippen molar-refractivity contribution in [2.75, 3.05) is 10.8 Å². The van der Waals surface area contributed by atoms with Crippen molar-refractivity contribution in [2.45, 2.75) is 76.4 Å². The number of hydrogen-bond donors (Lipinski definition) is 1. The van der Waals surface area contributed by atoms with Crippen LogP contribution in [0.15, 0.2) is 77.7 Å². The molecule has 0 aliphatic heterocycles. The van der Waals surface area contributed by atoms with E-state index in [1.807, 2.05) is 31.2 Å². The van der Waals surface area contributed by atoms with Crippen LogP contribution in [-0.4, -0.2) is 43.8 Å². The number of benzene rings is 3. The van der Waals surface area contributed by atoms with E-state index in [1.165, 1.54) is 17.0 Å². The monoisotopic (exact) mass is 595 g/mol. The van der Waals surface area contributed by atoms with Gasteiger partial charge in [-0.15, -0.1) is 0 Å². The smallest absolute Gasteiger partial charge is 0.264 e. The van der Waals surface area contributed by atoms with Crippen LogP contribution < -0.4 is 9.62 Å². The van der Waals surface area contributed by atoms with Crippen molar-refractivity contribution in [3.63, 3.8) is 0 Å². The van der Waals surface area contributed by atoms with Crippen molar-refractivity contribution in [3.8, 4) is 0 Å². The van der Waals surface area contributed by atoms with E-state index in [2.05, 4.69) is 5.32 Å². The van der Waals surface area contributed by atoms with Crippen LogP contribution in [-0.2, 0) is 26.2 Å². The van der Waals surface area contributed by atoms with Gasteiger partial charge in [-0.2, -0.15) is 0 Å². The minimum absolute atomic E-state index is 0.0559. The number of anilines is 1. The Bertz CT molecular complexity index is 1460. The molecule has 1 aliphatic rings. The topological polar surface area (TPSA) is 86.8 Å². The third-order valence-electron chi connectivity index (χ3n) is 7.64. The van der Waals surface area contributed by atoms with Crippen molar-refractivity contribution in [3.05, 3.63) is 94.5 Å². The Labute approximate surface area is 248 Å². The van der Waals surface area contributed by atoms with Gasteiger partial charge in [-0.3, -0.25) is 13.9 Å². The van der Waals surface area contributed by atoms with Crippen LogP contribution in [0.3, 0.4) is 0 Å². The second kappa shape index (κ2) is 13.5. The molecule has 0 unspecified atom stereocenters. The molecule has 2 amide bonds. The van der Waals surface area contributed by atoms with Crippen LogP contribution in [0.5, 0.6) is 0 Å². The first-order valence-electron chi connectivity index (χ1n) is 14.1. The van der Waals surface area contributed by atoms with Crippen LogP contribution in [0.1, 0.15) is 55.7 Å². The Morgan fingerprint density at radius 3 is 2.27 bits per heavy atom. The molecular weight excluding hydrogens is 558 g/mol. The molecule has 0 radical (unpaired) electrons. The zero-order valence-corrected chi connectivity index (χ0v) is 25.4. The summed E-state index contributed by atoms with van der Waals surface area (Å²) in [4.78, 5) is 29.1. The third-order valence-corrected chi connectivity index (χ3v) is 9.65. The lowest BCUT2D eigenvalue weighted by Crippen LogP contribution is -2.53. The summed E-state index contributed by atoms with van der Waals surface area (Å²) in [7, 11) is -4.14. The summed E-state index contributed by atoms with van der Waals surface area (Å²) in [6, 6.07) is 20.0. The first-order chi connectivity index (χ1) is 19.6. The lowest BCUT2D eigenvalue weighted by atomic mass is 9.95. The number of halogens is 1. The molecule has 0 aromatic heterocycles. The summed E-state index contributed by atoms with van der Waals surface area (Å²) in [6.07, 6.45) is 5.13. The predicted octanol–water partition coefficient (Wildman–Crippen LogP) is 6.02. The molecule has 4 rings (SSSR count). The maximum Gasteiger partial charge on any atom is 0.264 e. The van der Waals surface area contributed by atoms with E-state index in [4.69, 9.17) is 11.6 Å². The highest BCUT2D eigenvalue weighted by molar-refractivity contribution is 7.92. The number of amides is 2. The number of carbonyl (C=O) groups is 2. The zero-order chi connectivity index (χ0) is 29.6. The van der Waals surface area contributed by atoms with Gasteiger partial charge in [-0.25, -0.2) is 8.42 Å². The molecule has 41 heavy (non-hydrogen) atoms. The second-order valence-electron chi connectivity index (χ2n) is 10.8. The lowest BCUT2D eigenvalue weighted by molar-refractivity contribution is -0.139. The molecule has 3 aromatic carbocycles. The van der Waals surface area contributed by atoms with Gasteiger partial charge in [0.05, 0.1) is 10.6 Å². The molecule has 1 fully saturated rings. The predicted molar refractivity (Wildman–Crippen MR) is 163 cm³/mol. The fraction of sp³-hybridized carbons (Fsp3) is 0.375. The fourth-order valence-corrected chi connectivity index (χ4v) is 6.78. The normalized spacial score (nSPS) is 14.7. The maximum absolute atomic E-state index is 14.1. The van der Waals surface area contributed by atoms with E-state index >= 15 is 0 Å². The van der Waals surface area contributed by atoms with E-state index in [0.717, 1.165) is 47.5 Å². The van der Waals surface area contributed by atoms with Crippen molar-refractivity contribution < 1.29 is 18.0 Å². The standard InChI is InChI=1S/C32H38ClN3O4S/c1-23-14-17-26(18-15-23)21-35(25(3)32(38)34-28-10-6-4-7-11-28)31(37)22-36(30-20-27(33)19-16-24(30)2)41(39,40)29-12-8-5-9-13-29/h5,8-9,12-20,25,28H,4,6-7,10-11,21-22H2,1-3H3,(H,34,38)/t25-/m0/s1. The highest BCUT2D eigenvalue weighted by Crippen LogP contribution is 2.30. The van der Waals surface area contributed by atoms with E-state index in [-0.39, 0.29) is 23.4 Å². The van der Waals surface area contributed by atoms with Crippen molar-refractivity contribution in [1.82, 2.24) is 10.2 Å². The quantitative estimate of drug-likeness (QED) is 0.311. The Hall–Kier alpha value is -3.36. The highest BCUT2D eigenvalue weighted by Gasteiger charge is 2.33. The summed E-state index contributed by atoms with van der Waals surface area (Å²) in [5.41, 5.74) is 2.88. The number of nitrogens with zero attached hydrogens (tertiary/aromatic N) is 2. The van der Waals surface area contributed by atoms with Gasteiger partial charge in [0.25, 0.3) is 10.0 Å². The molecule has 0 saturated heterocycles. The van der Waals surface area contributed by atoms with Gasteiger partial charge in [0, 0.05) is 17.6 Å². The molecule has 1 aliphatic carbocycles.